The predicted molar refractivity (Wildman–Crippen MR) is 161 cm³/mol. The number of carbonyl (C=O) groups is 2. The Morgan fingerprint density at radius 1 is 1.02 bits per heavy atom. The summed E-state index contributed by atoms with van der Waals surface area (Å²) >= 11 is 6.57. The van der Waals surface area contributed by atoms with Crippen molar-refractivity contribution in [1.82, 2.24) is 19.9 Å². The van der Waals surface area contributed by atoms with Gasteiger partial charge in [-0.1, -0.05) is 29.8 Å². The number of hydrogen-bond acceptors (Lipinski definition) is 5. The summed E-state index contributed by atoms with van der Waals surface area (Å²) in [6.45, 7) is 9.13. The van der Waals surface area contributed by atoms with Crippen LogP contribution in [0.4, 0.5) is 10.5 Å². The number of nitrogens with one attached hydrogen (secondary N) is 3. The van der Waals surface area contributed by atoms with Crippen molar-refractivity contribution in [2.75, 3.05) is 5.32 Å². The maximum atomic E-state index is 13.5. The summed E-state index contributed by atoms with van der Waals surface area (Å²) in [7, 11) is 0. The molecule has 9 nitrogen and oxygen atoms in total. The van der Waals surface area contributed by atoms with Gasteiger partial charge in [0.2, 0.25) is 5.91 Å². The Labute approximate surface area is 243 Å². The first kappa shape index (κ1) is 29.6. The van der Waals surface area contributed by atoms with Gasteiger partial charge in [0.1, 0.15) is 11.6 Å². The number of benzene rings is 2. The first-order valence-corrected chi connectivity index (χ1v) is 13.7. The molecule has 0 radical (unpaired) electrons. The summed E-state index contributed by atoms with van der Waals surface area (Å²) in [6, 6.07) is 15.0. The number of H-pyrrole nitrogens is 1. The number of pyridine rings is 1. The molecule has 0 saturated carbocycles. The molecule has 2 aromatic carbocycles. The lowest BCUT2D eigenvalue weighted by Crippen LogP contribution is -2.47. The molecule has 41 heavy (non-hydrogen) atoms. The van der Waals surface area contributed by atoms with Crippen LogP contribution in [0.5, 0.6) is 0 Å². The molecular weight excluding hydrogens is 542 g/mol. The van der Waals surface area contributed by atoms with Crippen molar-refractivity contribution in [2.24, 2.45) is 0 Å². The van der Waals surface area contributed by atoms with E-state index in [1.54, 1.807) is 68.3 Å². The van der Waals surface area contributed by atoms with E-state index in [2.05, 4.69) is 20.6 Å². The molecule has 0 saturated heterocycles. The third-order valence-corrected chi connectivity index (χ3v) is 6.64. The van der Waals surface area contributed by atoms with E-state index < -0.39 is 23.6 Å². The third kappa shape index (κ3) is 7.85. The zero-order valence-corrected chi connectivity index (χ0v) is 24.5. The lowest BCUT2D eigenvalue weighted by molar-refractivity contribution is -0.118. The molecule has 10 heteroatoms. The Morgan fingerprint density at radius 3 is 2.34 bits per heavy atom. The number of nitrogens with zero attached hydrogens (tertiary/aromatic N) is 2. The number of hydrogen-bond donors (Lipinski definition) is 3. The Morgan fingerprint density at radius 2 is 1.71 bits per heavy atom. The molecule has 0 spiro atoms. The van der Waals surface area contributed by atoms with Crippen LogP contribution < -0.4 is 16.2 Å². The van der Waals surface area contributed by atoms with E-state index in [-0.39, 0.29) is 18.0 Å². The minimum atomic E-state index is -0.991. The van der Waals surface area contributed by atoms with Crippen LogP contribution in [0.15, 0.2) is 78.1 Å². The molecule has 1 unspecified atom stereocenters. The Kier molecular flexibility index (Phi) is 8.98. The van der Waals surface area contributed by atoms with Gasteiger partial charge in [-0.3, -0.25) is 9.59 Å². The van der Waals surface area contributed by atoms with Gasteiger partial charge < -0.3 is 24.9 Å². The molecule has 0 aliphatic carbocycles. The molecule has 0 aliphatic rings. The molecule has 0 bridgehead atoms. The fourth-order valence-electron chi connectivity index (χ4n) is 4.24. The smallest absolute Gasteiger partial charge is 0.408 e. The summed E-state index contributed by atoms with van der Waals surface area (Å²) in [5.74, 6) is -0.431. The van der Waals surface area contributed by atoms with Crippen LogP contribution in [0.1, 0.15) is 46.2 Å². The quantitative estimate of drug-likeness (QED) is 0.231. The van der Waals surface area contributed by atoms with Crippen molar-refractivity contribution in [3.05, 3.63) is 94.3 Å². The Balaban J connectivity index is 1.60. The standard InChI is InChI=1S/C31H34ClN5O4/c1-19(2)37-17-22(9-13-28(37)38)21-8-12-25(32)23(14-21)15-26(36-30(40)41-31(3,4)5)29(39)35-24-10-6-20(7-11-24)27-16-33-18-34-27/h6-14,16-19,26H,15H2,1-5H3,(H,33,34)(H,35,39)(H,36,40). The zero-order chi connectivity index (χ0) is 29.7. The van der Waals surface area contributed by atoms with Crippen LogP contribution in [-0.4, -0.2) is 38.2 Å². The fourth-order valence-corrected chi connectivity index (χ4v) is 4.44. The molecule has 2 amide bonds. The van der Waals surface area contributed by atoms with Crippen molar-refractivity contribution >= 4 is 29.3 Å². The normalized spacial score (nSPS) is 12.2. The second-order valence-electron chi connectivity index (χ2n) is 11.0. The van der Waals surface area contributed by atoms with Crippen molar-refractivity contribution in [3.8, 4) is 22.4 Å². The maximum absolute atomic E-state index is 13.5. The average molecular weight is 576 g/mol. The minimum absolute atomic E-state index is 0.00567. The van der Waals surface area contributed by atoms with Crippen LogP contribution >= 0.6 is 11.6 Å². The number of imidazole rings is 1. The van der Waals surface area contributed by atoms with E-state index in [1.165, 1.54) is 6.07 Å². The highest BCUT2D eigenvalue weighted by Crippen LogP contribution is 2.27. The predicted octanol–water partition coefficient (Wildman–Crippen LogP) is 6.21. The molecule has 1 atom stereocenters. The van der Waals surface area contributed by atoms with Crippen molar-refractivity contribution in [1.29, 1.82) is 0 Å². The highest BCUT2D eigenvalue weighted by molar-refractivity contribution is 6.31. The number of carbonyl (C=O) groups excluding carboxylic acids is 2. The highest BCUT2D eigenvalue weighted by atomic mass is 35.5. The third-order valence-electron chi connectivity index (χ3n) is 6.27. The van der Waals surface area contributed by atoms with Gasteiger partial charge in [0.05, 0.1) is 18.2 Å². The van der Waals surface area contributed by atoms with Crippen molar-refractivity contribution in [3.63, 3.8) is 0 Å². The van der Waals surface area contributed by atoms with Crippen molar-refractivity contribution in [2.45, 2.75) is 58.7 Å². The molecule has 214 valence electrons. The first-order valence-electron chi connectivity index (χ1n) is 13.3. The average Bonchev–Trinajstić information content (AvgIpc) is 3.44. The lowest BCUT2D eigenvalue weighted by atomic mass is 9.99. The van der Waals surface area contributed by atoms with E-state index in [4.69, 9.17) is 16.3 Å². The summed E-state index contributed by atoms with van der Waals surface area (Å²) in [4.78, 5) is 45.5. The van der Waals surface area contributed by atoms with Gasteiger partial charge in [0.25, 0.3) is 5.56 Å². The highest BCUT2D eigenvalue weighted by Gasteiger charge is 2.26. The summed E-state index contributed by atoms with van der Waals surface area (Å²) < 4.78 is 7.08. The van der Waals surface area contributed by atoms with Crippen molar-refractivity contribution < 1.29 is 14.3 Å². The second kappa shape index (κ2) is 12.4. The SMILES string of the molecule is CC(C)n1cc(-c2ccc(Cl)c(CC(NC(=O)OC(C)(C)C)C(=O)Nc3ccc(-c4cnc[nH]4)cc3)c2)ccc1=O. The van der Waals surface area contributed by atoms with Crippen LogP contribution in [0.25, 0.3) is 22.4 Å². The van der Waals surface area contributed by atoms with E-state index >= 15 is 0 Å². The zero-order valence-electron chi connectivity index (χ0n) is 23.7. The van der Waals surface area contributed by atoms with Crippen LogP contribution in [0, 0.1) is 0 Å². The summed E-state index contributed by atoms with van der Waals surface area (Å²) in [5, 5.41) is 6.03. The van der Waals surface area contributed by atoms with E-state index in [0.29, 0.717) is 16.3 Å². The molecule has 4 rings (SSSR count). The van der Waals surface area contributed by atoms with Gasteiger partial charge in [-0.05, 0) is 87.2 Å². The topological polar surface area (TPSA) is 118 Å². The lowest BCUT2D eigenvalue weighted by Gasteiger charge is -2.24. The van der Waals surface area contributed by atoms with E-state index in [0.717, 1.165) is 22.4 Å². The molecule has 4 aromatic rings. The van der Waals surface area contributed by atoms with Gasteiger partial charge in [0.15, 0.2) is 0 Å². The van der Waals surface area contributed by atoms with Crippen LogP contribution in [0.2, 0.25) is 5.02 Å². The summed E-state index contributed by atoms with van der Waals surface area (Å²) in [6.07, 6.45) is 4.50. The van der Waals surface area contributed by atoms with Gasteiger partial charge in [0, 0.05) is 35.4 Å². The van der Waals surface area contributed by atoms with Gasteiger partial charge in [-0.2, -0.15) is 0 Å². The summed E-state index contributed by atoms with van der Waals surface area (Å²) in [5.41, 5.74) is 3.79. The number of aromatic amines is 1. The number of aromatic nitrogens is 3. The van der Waals surface area contributed by atoms with Gasteiger partial charge in [-0.15, -0.1) is 0 Å². The minimum Gasteiger partial charge on any atom is -0.444 e. The fraction of sp³-hybridized carbons (Fsp3) is 0.290. The molecule has 2 heterocycles. The number of ether oxygens (including phenoxy) is 1. The number of amides is 2. The van der Waals surface area contributed by atoms with E-state index in [9.17, 15) is 14.4 Å². The number of alkyl carbamates (subject to hydrolysis) is 1. The number of anilines is 1. The molecule has 0 aliphatic heterocycles. The molecule has 2 aromatic heterocycles. The number of halogens is 1. The van der Waals surface area contributed by atoms with Crippen LogP contribution in [0.3, 0.4) is 0 Å². The molecule has 3 N–H and O–H groups in total. The largest absolute Gasteiger partial charge is 0.444 e. The van der Waals surface area contributed by atoms with Crippen LogP contribution in [-0.2, 0) is 16.0 Å². The monoisotopic (exact) mass is 575 g/mol. The Hall–Kier alpha value is -4.37. The second-order valence-corrected chi connectivity index (χ2v) is 11.4. The maximum Gasteiger partial charge on any atom is 0.408 e. The van der Waals surface area contributed by atoms with Gasteiger partial charge in [-0.25, -0.2) is 9.78 Å². The number of rotatable bonds is 8. The van der Waals surface area contributed by atoms with E-state index in [1.807, 2.05) is 38.1 Å². The Bertz CT molecular complexity index is 1570. The molecular formula is C31H34ClN5O4. The van der Waals surface area contributed by atoms with Gasteiger partial charge >= 0.3 is 6.09 Å². The first-order chi connectivity index (χ1) is 19.4. The molecule has 0 fully saturated rings.